The Balaban J connectivity index is 1.38. The lowest BCUT2D eigenvalue weighted by Gasteiger charge is -2.13. The zero-order valence-corrected chi connectivity index (χ0v) is 18.5. The molecule has 0 bridgehead atoms. The van der Waals surface area contributed by atoms with Crippen molar-refractivity contribution in [1.29, 1.82) is 0 Å². The van der Waals surface area contributed by atoms with Gasteiger partial charge in [0.15, 0.2) is 5.52 Å². The number of carbonyl (C=O) groups excluding carboxylic acids is 2. The molecule has 0 saturated carbocycles. The lowest BCUT2D eigenvalue weighted by atomic mass is 9.80. The molecule has 0 unspecified atom stereocenters. The third-order valence-corrected chi connectivity index (χ3v) is 5.20. The number of benzene rings is 3. The molecular formula is C22H19BN6O7. The maximum atomic E-state index is 12.8. The molecule has 13 nitrogen and oxygen atoms in total. The Kier molecular flexibility index (Phi) is 7.18. The molecule has 2 amide bonds. The maximum Gasteiger partial charge on any atom is 0.488 e. The van der Waals surface area contributed by atoms with Gasteiger partial charge in [0, 0.05) is 24.7 Å². The molecule has 1 heterocycles. The average molecular weight is 490 g/mol. The third kappa shape index (κ3) is 5.29. The second kappa shape index (κ2) is 10.6. The standard InChI is InChI=1S/C22H19BN6O7/c30-21(13-5-7-14(8-6-13)23(32)33)24-11-12-25-22(31)15-3-1-2-4-16(15)26-17-9-10-18(29(34)35)20-19(17)27-36-28-20/h1-10,26,32-33H,11-12H2,(H,24,30)(H,25,31). The molecule has 14 heteroatoms. The number of rotatable bonds is 9. The van der Waals surface area contributed by atoms with Crippen LogP contribution in [0, 0.1) is 10.1 Å². The van der Waals surface area contributed by atoms with E-state index in [4.69, 9.17) is 10.0 Å². The first kappa shape index (κ1) is 24.3. The number of carbonyl (C=O) groups is 2. The van der Waals surface area contributed by atoms with Crippen molar-refractivity contribution >= 4 is 52.5 Å². The number of nitro benzene ring substituents is 1. The Labute approximate surface area is 203 Å². The fourth-order valence-electron chi connectivity index (χ4n) is 3.39. The average Bonchev–Trinajstić information content (AvgIpc) is 3.37. The number of non-ortho nitro benzene ring substituents is 1. The number of nitrogens with one attached hydrogen (secondary N) is 3. The van der Waals surface area contributed by atoms with E-state index in [9.17, 15) is 19.7 Å². The van der Waals surface area contributed by atoms with Crippen LogP contribution in [-0.2, 0) is 0 Å². The molecule has 182 valence electrons. The highest BCUT2D eigenvalue weighted by Crippen LogP contribution is 2.31. The van der Waals surface area contributed by atoms with Gasteiger partial charge in [-0.25, -0.2) is 4.63 Å². The van der Waals surface area contributed by atoms with Gasteiger partial charge in [0.05, 0.1) is 21.9 Å². The zero-order chi connectivity index (χ0) is 25.7. The molecule has 0 fully saturated rings. The maximum absolute atomic E-state index is 12.8. The van der Waals surface area contributed by atoms with Crippen LogP contribution in [0.5, 0.6) is 0 Å². The summed E-state index contributed by atoms with van der Waals surface area (Å²) in [5.74, 6) is -0.793. The summed E-state index contributed by atoms with van der Waals surface area (Å²) in [5, 5.41) is 45.2. The minimum Gasteiger partial charge on any atom is -0.423 e. The summed E-state index contributed by atoms with van der Waals surface area (Å²) >= 11 is 0. The first-order chi connectivity index (χ1) is 17.3. The van der Waals surface area contributed by atoms with Crippen molar-refractivity contribution in [2.75, 3.05) is 18.4 Å². The zero-order valence-electron chi connectivity index (χ0n) is 18.5. The second-order valence-corrected chi connectivity index (χ2v) is 7.53. The van der Waals surface area contributed by atoms with E-state index < -0.39 is 17.9 Å². The number of fused-ring (bicyclic) bond motifs is 1. The Morgan fingerprint density at radius 3 is 2.25 bits per heavy atom. The minimum atomic E-state index is -1.62. The molecule has 4 aromatic rings. The van der Waals surface area contributed by atoms with E-state index in [-0.39, 0.29) is 41.2 Å². The van der Waals surface area contributed by atoms with Gasteiger partial charge in [-0.1, -0.05) is 24.3 Å². The van der Waals surface area contributed by atoms with Gasteiger partial charge in [-0.15, -0.1) is 0 Å². The van der Waals surface area contributed by atoms with E-state index in [1.807, 2.05) is 0 Å². The van der Waals surface area contributed by atoms with Crippen LogP contribution >= 0.6 is 0 Å². The van der Waals surface area contributed by atoms with Gasteiger partial charge < -0.3 is 26.0 Å². The van der Waals surface area contributed by atoms with Crippen LogP contribution in [-0.4, -0.2) is 57.3 Å². The van der Waals surface area contributed by atoms with E-state index in [2.05, 4.69) is 30.9 Å². The number of aromatic nitrogens is 2. The van der Waals surface area contributed by atoms with Crippen molar-refractivity contribution in [3.05, 3.63) is 81.9 Å². The number of nitro groups is 1. The predicted octanol–water partition coefficient (Wildman–Crippen LogP) is 0.714. The first-order valence-corrected chi connectivity index (χ1v) is 10.6. The van der Waals surface area contributed by atoms with E-state index in [0.29, 0.717) is 22.5 Å². The molecule has 0 aliphatic rings. The summed E-state index contributed by atoms with van der Waals surface area (Å²) in [6.45, 7) is 0.291. The molecule has 0 atom stereocenters. The van der Waals surface area contributed by atoms with Crippen LogP contribution < -0.4 is 21.4 Å². The van der Waals surface area contributed by atoms with E-state index in [0.717, 1.165) is 0 Å². The van der Waals surface area contributed by atoms with Crippen molar-refractivity contribution in [3.8, 4) is 0 Å². The van der Waals surface area contributed by atoms with Gasteiger partial charge >= 0.3 is 12.8 Å². The lowest BCUT2D eigenvalue weighted by Crippen LogP contribution is -2.35. The van der Waals surface area contributed by atoms with E-state index in [1.165, 1.54) is 36.4 Å². The summed E-state index contributed by atoms with van der Waals surface area (Å²) in [5.41, 5.74) is 1.54. The summed E-state index contributed by atoms with van der Waals surface area (Å²) in [4.78, 5) is 35.6. The summed E-state index contributed by atoms with van der Waals surface area (Å²) in [7, 11) is -1.62. The van der Waals surface area contributed by atoms with Crippen molar-refractivity contribution in [1.82, 2.24) is 20.9 Å². The normalized spacial score (nSPS) is 10.6. The van der Waals surface area contributed by atoms with Gasteiger partial charge in [0.1, 0.15) is 0 Å². The molecule has 5 N–H and O–H groups in total. The Hall–Kier alpha value is -4.82. The lowest BCUT2D eigenvalue weighted by molar-refractivity contribution is -0.383. The second-order valence-electron chi connectivity index (χ2n) is 7.53. The molecule has 36 heavy (non-hydrogen) atoms. The highest BCUT2D eigenvalue weighted by Gasteiger charge is 2.21. The molecule has 1 aromatic heterocycles. The highest BCUT2D eigenvalue weighted by atomic mass is 16.6. The van der Waals surface area contributed by atoms with Gasteiger partial charge in [0.2, 0.25) is 5.52 Å². The molecule has 0 radical (unpaired) electrons. The molecule has 0 saturated heterocycles. The Bertz CT molecular complexity index is 1420. The number of nitrogens with zero attached hydrogens (tertiary/aromatic N) is 3. The molecule has 0 aliphatic heterocycles. The van der Waals surface area contributed by atoms with Crippen LogP contribution in [0.4, 0.5) is 17.1 Å². The fraction of sp³-hybridized carbons (Fsp3) is 0.0909. The largest absolute Gasteiger partial charge is 0.488 e. The van der Waals surface area contributed by atoms with Gasteiger partial charge in [0.25, 0.3) is 11.8 Å². The van der Waals surface area contributed by atoms with E-state index >= 15 is 0 Å². The van der Waals surface area contributed by atoms with Crippen LogP contribution in [0.15, 0.2) is 65.3 Å². The monoisotopic (exact) mass is 490 g/mol. The Morgan fingerprint density at radius 2 is 1.56 bits per heavy atom. The molecule has 4 rings (SSSR count). The summed E-state index contributed by atoms with van der Waals surface area (Å²) < 4.78 is 4.66. The number of anilines is 2. The highest BCUT2D eigenvalue weighted by molar-refractivity contribution is 6.58. The number of hydrogen-bond donors (Lipinski definition) is 5. The molecule has 3 aromatic carbocycles. The number of para-hydroxylation sites is 1. The summed E-state index contributed by atoms with van der Waals surface area (Å²) in [6.07, 6.45) is 0. The number of amides is 2. The van der Waals surface area contributed by atoms with Crippen molar-refractivity contribution in [2.24, 2.45) is 0 Å². The first-order valence-electron chi connectivity index (χ1n) is 10.6. The van der Waals surface area contributed by atoms with E-state index in [1.54, 1.807) is 24.3 Å². The van der Waals surface area contributed by atoms with Crippen LogP contribution in [0.3, 0.4) is 0 Å². The topological polar surface area (TPSA) is 193 Å². The third-order valence-electron chi connectivity index (χ3n) is 5.20. The van der Waals surface area contributed by atoms with Crippen LogP contribution in [0.25, 0.3) is 11.0 Å². The van der Waals surface area contributed by atoms with Gasteiger partial charge in [-0.2, -0.15) is 0 Å². The van der Waals surface area contributed by atoms with Gasteiger partial charge in [-0.3, -0.25) is 19.7 Å². The minimum absolute atomic E-state index is 0.0233. The smallest absolute Gasteiger partial charge is 0.423 e. The van der Waals surface area contributed by atoms with Crippen LogP contribution in [0.2, 0.25) is 0 Å². The van der Waals surface area contributed by atoms with Gasteiger partial charge in [-0.05, 0) is 46.1 Å². The molecule has 0 aliphatic carbocycles. The van der Waals surface area contributed by atoms with Crippen molar-refractivity contribution in [2.45, 2.75) is 0 Å². The fourth-order valence-corrected chi connectivity index (χ4v) is 3.39. The van der Waals surface area contributed by atoms with Crippen molar-refractivity contribution < 1.29 is 29.2 Å². The van der Waals surface area contributed by atoms with Crippen LogP contribution in [0.1, 0.15) is 20.7 Å². The summed E-state index contributed by atoms with van der Waals surface area (Å²) in [6, 6.07) is 15.1. The molecular weight excluding hydrogens is 471 g/mol. The predicted molar refractivity (Wildman–Crippen MR) is 129 cm³/mol. The SMILES string of the molecule is O=C(NCCNC(=O)c1ccccc1Nc1ccc([N+](=O)[O-])c2nonc12)c1ccc(B(O)O)cc1. The molecule has 0 spiro atoms. The van der Waals surface area contributed by atoms with Crippen molar-refractivity contribution in [3.63, 3.8) is 0 Å². The quantitative estimate of drug-likeness (QED) is 0.0966. The number of hydrogen-bond acceptors (Lipinski definition) is 10. The Morgan fingerprint density at radius 1 is 0.889 bits per heavy atom.